The molecular weight excluding hydrogens is 397 g/mol. The fourth-order valence-corrected chi connectivity index (χ4v) is 3.20. The van der Waals surface area contributed by atoms with Crippen LogP contribution in [0.15, 0.2) is 29.2 Å². The van der Waals surface area contributed by atoms with E-state index < -0.39 is 15.6 Å². The van der Waals surface area contributed by atoms with Gasteiger partial charge in [-0.25, -0.2) is 8.42 Å². The van der Waals surface area contributed by atoms with Crippen LogP contribution in [-0.4, -0.2) is 24.7 Å². The van der Waals surface area contributed by atoms with Crippen molar-refractivity contribution >= 4 is 21.9 Å². The first kappa shape index (κ1) is 23.5. The Hall–Kier alpha value is -1.51. The average Bonchev–Trinajstić information content (AvgIpc) is 2.55. The molecule has 2 aromatic rings. The van der Waals surface area contributed by atoms with Crippen molar-refractivity contribution in [2.45, 2.75) is 45.0 Å². The predicted octanol–water partition coefficient (Wildman–Crippen LogP) is 4.75. The first-order valence-corrected chi connectivity index (χ1v) is 10.8. The summed E-state index contributed by atoms with van der Waals surface area (Å²) in [7, 11) is -6.09. The van der Waals surface area contributed by atoms with E-state index in [1.165, 1.54) is 55.6 Å². The number of alkyl halides is 3. The molecule has 0 saturated carbocycles. The molecule has 0 amide bonds. The molecule has 0 aromatic heterocycles. The second-order valence-corrected chi connectivity index (χ2v) is 8.56. The summed E-state index contributed by atoms with van der Waals surface area (Å²) in [5, 5.41) is 0. The van der Waals surface area contributed by atoms with Gasteiger partial charge in [-0.05, 0) is 74.6 Å². The summed E-state index contributed by atoms with van der Waals surface area (Å²) in [6.45, 7) is 11.1. The number of hydrogen-bond acceptors (Lipinski definition) is 3. The van der Waals surface area contributed by atoms with Gasteiger partial charge in [0.15, 0.2) is 15.0 Å². The molecule has 0 aliphatic rings. The summed E-state index contributed by atoms with van der Waals surface area (Å²) >= 11 is 1.33. The van der Waals surface area contributed by atoms with Gasteiger partial charge in [-0.2, -0.15) is 13.2 Å². The van der Waals surface area contributed by atoms with Gasteiger partial charge in [-0.15, -0.1) is 0 Å². The quantitative estimate of drug-likeness (QED) is 0.305. The lowest BCUT2D eigenvalue weighted by Crippen LogP contribution is -2.21. The smallest absolute Gasteiger partial charge is 0.485 e. The number of rotatable bonds is 2. The van der Waals surface area contributed by atoms with E-state index in [-0.39, 0.29) is 0 Å². The molecule has 150 valence electrons. The Kier molecular flexibility index (Phi) is 7.55. The van der Waals surface area contributed by atoms with E-state index in [1.54, 1.807) is 0 Å². The first-order chi connectivity index (χ1) is 12.2. The molecule has 0 aliphatic heterocycles. The van der Waals surface area contributed by atoms with Crippen molar-refractivity contribution in [3.8, 4) is 11.1 Å². The lowest BCUT2D eigenvalue weighted by molar-refractivity contribution is -0.0517. The molecule has 0 aliphatic carbocycles. The van der Waals surface area contributed by atoms with Crippen LogP contribution < -0.4 is 0 Å². The number of halogens is 3. The molecule has 0 saturated heterocycles. The third kappa shape index (κ3) is 5.73. The number of thiol groups is 1. The van der Waals surface area contributed by atoms with Crippen LogP contribution in [0.25, 0.3) is 11.1 Å². The third-order valence-electron chi connectivity index (χ3n) is 4.45. The molecule has 27 heavy (non-hydrogen) atoms. The van der Waals surface area contributed by atoms with Crippen LogP contribution in [0.3, 0.4) is 0 Å². The van der Waals surface area contributed by atoms with Gasteiger partial charge < -0.3 is 4.55 Å². The summed E-state index contributed by atoms with van der Waals surface area (Å²) in [5.74, 6) is 0. The van der Waals surface area contributed by atoms with Crippen LogP contribution in [0.1, 0.15) is 27.8 Å². The monoisotopic (exact) mass is 420 g/mol. The maximum absolute atomic E-state index is 10.7. The first-order valence-electron chi connectivity index (χ1n) is 8.01. The van der Waals surface area contributed by atoms with Gasteiger partial charge in [-0.1, -0.05) is 17.7 Å². The standard InChI is InChI=1S/C18H22S.CHF3O3S/c1-11-7-8-18(19-6)17(9-11)16-10-12(2)13(3)14(4)15(16)5;2-1(3,4)8(5,6)7/h7-10H,1-6H3;(H,5,6,7). The minimum absolute atomic E-state index is 1.33. The highest BCUT2D eigenvalue weighted by Gasteiger charge is 2.36. The van der Waals surface area contributed by atoms with Crippen molar-refractivity contribution in [2.75, 3.05) is 6.26 Å². The predicted molar refractivity (Wildman–Crippen MR) is 104 cm³/mol. The highest BCUT2D eigenvalue weighted by atomic mass is 32.2. The SMILES string of the molecule is C[SH+]c1ccc(C)cc1-c1cc(C)c(C)c(C)c1C.O=S(=O)([O-])C(F)(F)F. The second-order valence-electron chi connectivity index (χ2n) is 6.26. The van der Waals surface area contributed by atoms with Gasteiger partial charge in [0.25, 0.3) is 0 Å². The van der Waals surface area contributed by atoms with Gasteiger partial charge in [-0.3, -0.25) is 0 Å². The molecule has 2 rings (SSSR count). The van der Waals surface area contributed by atoms with Crippen molar-refractivity contribution in [1.29, 1.82) is 0 Å². The van der Waals surface area contributed by atoms with E-state index in [4.69, 9.17) is 13.0 Å². The fourth-order valence-electron chi connectivity index (χ4n) is 2.55. The zero-order chi connectivity index (χ0) is 21.2. The largest absolute Gasteiger partial charge is 0.741 e. The van der Waals surface area contributed by atoms with Crippen LogP contribution in [0.2, 0.25) is 0 Å². The summed E-state index contributed by atoms with van der Waals surface area (Å²) < 4.78 is 58.9. The van der Waals surface area contributed by atoms with Crippen LogP contribution in [-0.2, 0) is 21.9 Å². The normalized spacial score (nSPS) is 11.8. The Morgan fingerprint density at radius 2 is 1.41 bits per heavy atom. The van der Waals surface area contributed by atoms with Gasteiger partial charge in [0.2, 0.25) is 0 Å². The topological polar surface area (TPSA) is 57.2 Å². The molecule has 0 spiro atoms. The minimum atomic E-state index is -6.09. The molecule has 3 nitrogen and oxygen atoms in total. The van der Waals surface area contributed by atoms with E-state index in [0.717, 1.165) is 0 Å². The molecule has 0 bridgehead atoms. The van der Waals surface area contributed by atoms with Gasteiger partial charge in [0, 0.05) is 17.3 Å². The van der Waals surface area contributed by atoms with Gasteiger partial charge in [0.05, 0.1) is 0 Å². The summed E-state index contributed by atoms with van der Waals surface area (Å²) in [6, 6.07) is 9.14. The van der Waals surface area contributed by atoms with E-state index in [9.17, 15) is 13.2 Å². The molecule has 0 atom stereocenters. The summed E-state index contributed by atoms with van der Waals surface area (Å²) in [5.41, 5.74) is 4.13. The number of hydrogen-bond donors (Lipinski definition) is 0. The third-order valence-corrected chi connectivity index (χ3v) is 5.89. The number of aryl methyl sites for hydroxylation is 2. The van der Waals surface area contributed by atoms with Crippen molar-refractivity contribution in [1.82, 2.24) is 0 Å². The van der Waals surface area contributed by atoms with Crippen LogP contribution in [0, 0.1) is 34.6 Å². The maximum Gasteiger partial charge on any atom is 0.485 e. The lowest BCUT2D eigenvalue weighted by atomic mass is 9.90. The summed E-state index contributed by atoms with van der Waals surface area (Å²) in [6.07, 6.45) is 2.21. The zero-order valence-corrected chi connectivity index (χ0v) is 17.7. The Morgan fingerprint density at radius 1 is 0.889 bits per heavy atom. The maximum atomic E-state index is 10.7. The fraction of sp³-hybridized carbons (Fsp3) is 0.368. The van der Waals surface area contributed by atoms with Crippen molar-refractivity contribution in [2.24, 2.45) is 0 Å². The second kappa shape index (κ2) is 8.67. The van der Waals surface area contributed by atoms with Crippen LogP contribution >= 0.6 is 0 Å². The van der Waals surface area contributed by atoms with Crippen molar-refractivity contribution in [3.63, 3.8) is 0 Å². The Labute approximate surface area is 162 Å². The molecular formula is C19H23F3O3S2. The van der Waals surface area contributed by atoms with E-state index in [0.29, 0.717) is 0 Å². The molecule has 0 heterocycles. The molecule has 0 unspecified atom stereocenters. The molecule has 0 N–H and O–H groups in total. The minimum Gasteiger partial charge on any atom is -0.741 e. The molecule has 0 radical (unpaired) electrons. The van der Waals surface area contributed by atoms with Gasteiger partial charge >= 0.3 is 5.51 Å². The van der Waals surface area contributed by atoms with E-state index in [2.05, 4.69) is 65.1 Å². The molecule has 8 heteroatoms. The molecule has 0 fully saturated rings. The zero-order valence-electron chi connectivity index (χ0n) is 16.0. The Balaban J connectivity index is 0.000000387. The molecule has 2 aromatic carbocycles. The highest BCUT2D eigenvalue weighted by molar-refractivity contribution is 7.86. The highest BCUT2D eigenvalue weighted by Crippen LogP contribution is 2.33. The Morgan fingerprint density at radius 3 is 1.85 bits per heavy atom. The van der Waals surface area contributed by atoms with E-state index in [1.807, 2.05) is 0 Å². The average molecular weight is 421 g/mol. The number of benzene rings is 2. The van der Waals surface area contributed by atoms with Gasteiger partial charge in [0.1, 0.15) is 6.26 Å². The van der Waals surface area contributed by atoms with Crippen LogP contribution in [0.5, 0.6) is 0 Å². The van der Waals surface area contributed by atoms with Crippen molar-refractivity contribution < 1.29 is 26.1 Å². The van der Waals surface area contributed by atoms with Crippen molar-refractivity contribution in [3.05, 3.63) is 52.1 Å². The lowest BCUT2D eigenvalue weighted by Gasteiger charge is -2.15. The van der Waals surface area contributed by atoms with E-state index >= 15 is 0 Å². The summed E-state index contributed by atoms with van der Waals surface area (Å²) in [4.78, 5) is 1.41. The van der Waals surface area contributed by atoms with Crippen LogP contribution in [0.4, 0.5) is 13.2 Å². The Bertz CT molecular complexity index is 934.